The lowest BCUT2D eigenvalue weighted by Gasteiger charge is -2.13. The predicted molar refractivity (Wildman–Crippen MR) is 81.7 cm³/mol. The van der Waals surface area contributed by atoms with Gasteiger partial charge in [-0.15, -0.1) is 0 Å². The summed E-state index contributed by atoms with van der Waals surface area (Å²) in [5.41, 5.74) is 9.09. The second kappa shape index (κ2) is 6.30. The predicted octanol–water partition coefficient (Wildman–Crippen LogP) is 2.04. The minimum Gasteiger partial charge on any atom is -0.389 e. The molecule has 104 valence electrons. The third-order valence-corrected chi connectivity index (χ3v) is 3.38. The fourth-order valence-electron chi connectivity index (χ4n) is 2.26. The molecule has 5 heteroatoms. The van der Waals surface area contributed by atoms with Gasteiger partial charge in [0.1, 0.15) is 10.8 Å². The number of aromatic nitrogens is 1. The maximum absolute atomic E-state index is 5.78. The molecule has 19 heavy (non-hydrogen) atoms. The standard InChI is InChI=1S/C14H21N3OS/c1-9(2)18-7-6-16-14-11(13(15)19)8-10-4-3-5-12(10)17-14/h8-9H,3-7H2,1-2H3,(H2,15,19)(H,16,17). The summed E-state index contributed by atoms with van der Waals surface area (Å²) in [7, 11) is 0. The summed E-state index contributed by atoms with van der Waals surface area (Å²) in [6.45, 7) is 5.40. The van der Waals surface area contributed by atoms with Crippen molar-refractivity contribution in [3.05, 3.63) is 22.9 Å². The molecule has 0 fully saturated rings. The number of thiocarbonyl (C=S) groups is 1. The van der Waals surface area contributed by atoms with Gasteiger partial charge >= 0.3 is 0 Å². The van der Waals surface area contributed by atoms with Crippen molar-refractivity contribution in [3.8, 4) is 0 Å². The highest BCUT2D eigenvalue weighted by Crippen LogP contribution is 2.25. The Morgan fingerprint density at radius 1 is 1.53 bits per heavy atom. The number of hydrogen-bond donors (Lipinski definition) is 2. The van der Waals surface area contributed by atoms with Crippen LogP contribution in [0.2, 0.25) is 0 Å². The van der Waals surface area contributed by atoms with Crippen LogP contribution in [0, 0.1) is 0 Å². The van der Waals surface area contributed by atoms with Crippen molar-refractivity contribution in [1.29, 1.82) is 0 Å². The Morgan fingerprint density at radius 2 is 2.32 bits per heavy atom. The molecule has 1 aliphatic rings. The van der Waals surface area contributed by atoms with Crippen LogP contribution in [-0.4, -0.2) is 29.2 Å². The third-order valence-electron chi connectivity index (χ3n) is 3.16. The number of nitrogens with two attached hydrogens (primary N) is 1. The molecule has 0 atom stereocenters. The van der Waals surface area contributed by atoms with E-state index in [1.165, 1.54) is 17.7 Å². The summed E-state index contributed by atoms with van der Waals surface area (Å²) < 4.78 is 5.50. The Kier molecular flexibility index (Phi) is 4.71. The van der Waals surface area contributed by atoms with E-state index in [1.807, 2.05) is 13.8 Å². The van der Waals surface area contributed by atoms with Crippen LogP contribution in [0.4, 0.5) is 5.82 Å². The number of rotatable bonds is 6. The normalized spacial score (nSPS) is 13.6. The topological polar surface area (TPSA) is 60.2 Å². The summed E-state index contributed by atoms with van der Waals surface area (Å²) in [4.78, 5) is 5.05. The molecule has 0 unspecified atom stereocenters. The van der Waals surface area contributed by atoms with Crippen molar-refractivity contribution >= 4 is 23.0 Å². The Bertz CT molecular complexity index is 474. The Labute approximate surface area is 119 Å². The highest BCUT2D eigenvalue weighted by molar-refractivity contribution is 7.80. The molecule has 2 rings (SSSR count). The van der Waals surface area contributed by atoms with E-state index >= 15 is 0 Å². The van der Waals surface area contributed by atoms with E-state index < -0.39 is 0 Å². The van der Waals surface area contributed by atoms with Crippen LogP contribution in [0.5, 0.6) is 0 Å². The molecular formula is C14H21N3OS. The number of nitrogens with one attached hydrogen (secondary N) is 1. The molecule has 0 aromatic carbocycles. The molecule has 0 radical (unpaired) electrons. The first-order chi connectivity index (χ1) is 9.08. The number of anilines is 1. The van der Waals surface area contributed by atoms with Gasteiger partial charge in [-0.3, -0.25) is 0 Å². The quantitative estimate of drug-likeness (QED) is 0.616. The van der Waals surface area contributed by atoms with E-state index in [0.29, 0.717) is 18.1 Å². The lowest BCUT2D eigenvalue weighted by atomic mass is 10.1. The monoisotopic (exact) mass is 279 g/mol. The molecule has 3 N–H and O–H groups in total. The highest BCUT2D eigenvalue weighted by atomic mass is 32.1. The van der Waals surface area contributed by atoms with Gasteiger partial charge in [0.25, 0.3) is 0 Å². The fourth-order valence-corrected chi connectivity index (χ4v) is 2.41. The molecular weight excluding hydrogens is 258 g/mol. The van der Waals surface area contributed by atoms with Crippen LogP contribution in [0.15, 0.2) is 6.07 Å². The van der Waals surface area contributed by atoms with Gasteiger partial charge in [-0.1, -0.05) is 12.2 Å². The van der Waals surface area contributed by atoms with Crippen molar-refractivity contribution in [2.45, 2.75) is 39.2 Å². The fraction of sp³-hybridized carbons (Fsp3) is 0.571. The van der Waals surface area contributed by atoms with Gasteiger partial charge in [-0.2, -0.15) is 0 Å². The zero-order valence-electron chi connectivity index (χ0n) is 11.5. The molecule has 0 bridgehead atoms. The van der Waals surface area contributed by atoms with Gasteiger partial charge in [-0.05, 0) is 44.7 Å². The van der Waals surface area contributed by atoms with E-state index in [0.717, 1.165) is 24.2 Å². The van der Waals surface area contributed by atoms with E-state index in [1.54, 1.807) is 0 Å². The smallest absolute Gasteiger partial charge is 0.136 e. The molecule has 0 spiro atoms. The molecule has 0 amide bonds. The van der Waals surface area contributed by atoms with Crippen LogP contribution >= 0.6 is 12.2 Å². The number of hydrogen-bond acceptors (Lipinski definition) is 4. The summed E-state index contributed by atoms with van der Waals surface area (Å²) in [5, 5.41) is 3.28. The Hall–Kier alpha value is -1.20. The lowest BCUT2D eigenvalue weighted by Crippen LogP contribution is -2.19. The van der Waals surface area contributed by atoms with Gasteiger partial charge in [-0.25, -0.2) is 4.98 Å². The molecule has 0 saturated carbocycles. The summed E-state index contributed by atoms with van der Waals surface area (Å²) in [6.07, 6.45) is 3.53. The van der Waals surface area contributed by atoms with Crippen LogP contribution in [-0.2, 0) is 17.6 Å². The van der Waals surface area contributed by atoms with Gasteiger partial charge in [0, 0.05) is 12.2 Å². The first-order valence-corrected chi connectivity index (χ1v) is 7.17. The van der Waals surface area contributed by atoms with Crippen molar-refractivity contribution in [2.24, 2.45) is 5.73 Å². The number of ether oxygens (including phenoxy) is 1. The van der Waals surface area contributed by atoms with Gasteiger partial charge in [0.2, 0.25) is 0 Å². The molecule has 1 aliphatic carbocycles. The van der Waals surface area contributed by atoms with Crippen molar-refractivity contribution < 1.29 is 4.74 Å². The first-order valence-electron chi connectivity index (χ1n) is 6.76. The van der Waals surface area contributed by atoms with Gasteiger partial charge in [0.05, 0.1) is 18.3 Å². The van der Waals surface area contributed by atoms with Crippen LogP contribution < -0.4 is 11.1 Å². The van der Waals surface area contributed by atoms with E-state index in [4.69, 9.17) is 22.7 Å². The van der Waals surface area contributed by atoms with E-state index in [-0.39, 0.29) is 6.10 Å². The summed E-state index contributed by atoms with van der Waals surface area (Å²) in [6, 6.07) is 2.09. The van der Waals surface area contributed by atoms with E-state index in [9.17, 15) is 0 Å². The minimum absolute atomic E-state index is 0.241. The second-order valence-electron chi connectivity index (χ2n) is 5.05. The number of fused-ring (bicyclic) bond motifs is 1. The average Bonchev–Trinajstić information content (AvgIpc) is 2.80. The van der Waals surface area contributed by atoms with Crippen molar-refractivity contribution in [1.82, 2.24) is 4.98 Å². The van der Waals surface area contributed by atoms with E-state index in [2.05, 4.69) is 16.4 Å². The average molecular weight is 279 g/mol. The number of pyridine rings is 1. The van der Waals surface area contributed by atoms with Crippen LogP contribution in [0.1, 0.15) is 37.1 Å². The largest absolute Gasteiger partial charge is 0.389 e. The molecule has 0 aliphatic heterocycles. The SMILES string of the molecule is CC(C)OCCNc1nc2c(cc1C(N)=S)CCC2. The highest BCUT2D eigenvalue weighted by Gasteiger charge is 2.17. The van der Waals surface area contributed by atoms with Gasteiger partial charge < -0.3 is 15.8 Å². The second-order valence-corrected chi connectivity index (χ2v) is 5.49. The molecule has 1 heterocycles. The van der Waals surface area contributed by atoms with Crippen molar-refractivity contribution in [3.63, 3.8) is 0 Å². The third kappa shape index (κ3) is 3.64. The number of nitrogens with zero attached hydrogens (tertiary/aromatic N) is 1. The Morgan fingerprint density at radius 3 is 3.00 bits per heavy atom. The summed E-state index contributed by atoms with van der Waals surface area (Å²) in [5.74, 6) is 0.792. The Balaban J connectivity index is 2.08. The maximum atomic E-state index is 5.78. The number of aryl methyl sites for hydroxylation is 2. The van der Waals surface area contributed by atoms with Crippen LogP contribution in [0.3, 0.4) is 0 Å². The zero-order chi connectivity index (χ0) is 13.8. The molecule has 4 nitrogen and oxygen atoms in total. The molecule has 1 aromatic heterocycles. The van der Waals surface area contributed by atoms with Gasteiger partial charge in [0.15, 0.2) is 0 Å². The summed E-state index contributed by atoms with van der Waals surface area (Å²) >= 11 is 5.11. The van der Waals surface area contributed by atoms with Crippen molar-refractivity contribution in [2.75, 3.05) is 18.5 Å². The molecule has 0 saturated heterocycles. The maximum Gasteiger partial charge on any atom is 0.136 e. The minimum atomic E-state index is 0.241. The zero-order valence-corrected chi connectivity index (χ0v) is 12.3. The van der Waals surface area contributed by atoms with Crippen LogP contribution in [0.25, 0.3) is 0 Å². The lowest BCUT2D eigenvalue weighted by molar-refractivity contribution is 0.0870. The first kappa shape index (κ1) is 14.2. The molecule has 1 aromatic rings.